The number of aliphatic hydroxyl groups is 5. The van der Waals surface area contributed by atoms with Crippen LogP contribution in [0.3, 0.4) is 0 Å². The number of carbonyl (C=O) groups excluding carboxylic acids is 1. The summed E-state index contributed by atoms with van der Waals surface area (Å²) in [5.41, 5.74) is 0. The third-order valence-corrected chi connectivity index (χ3v) is 3.12. The summed E-state index contributed by atoms with van der Waals surface area (Å²) >= 11 is 0. The predicted molar refractivity (Wildman–Crippen MR) is 59.5 cm³/mol. The fraction of sp³-hybridized carbons (Fsp3) is 0.909. The molecule has 5 atom stereocenters. The van der Waals surface area contributed by atoms with Crippen LogP contribution >= 0.6 is 0 Å². The summed E-state index contributed by atoms with van der Waals surface area (Å²) < 4.78 is 4.87. The Morgan fingerprint density at radius 2 is 1.89 bits per heavy atom. The van der Waals surface area contributed by atoms with E-state index in [2.05, 4.69) is 0 Å². The van der Waals surface area contributed by atoms with Gasteiger partial charge in [-0.15, -0.1) is 0 Å². The maximum atomic E-state index is 11.8. The fourth-order valence-electron chi connectivity index (χ4n) is 1.90. The van der Waals surface area contributed by atoms with Gasteiger partial charge in [0.1, 0.15) is 24.4 Å². The highest BCUT2D eigenvalue weighted by Crippen LogP contribution is 2.30. The van der Waals surface area contributed by atoms with Crippen molar-refractivity contribution in [2.75, 3.05) is 6.61 Å². The molecule has 1 fully saturated rings. The standard InChI is InChI=1S/C11H20O7/c1-2-3-4-7(13)11(17)10(16)9(15)8(14)6(5-12)18-11/h6,8-10,12,14-17H,2-5H2,1H3/t6-,8-,9+,10-,11?/m1/s1. The van der Waals surface area contributed by atoms with Crippen LogP contribution in [0.2, 0.25) is 0 Å². The van der Waals surface area contributed by atoms with Crippen molar-refractivity contribution in [1.82, 2.24) is 0 Å². The van der Waals surface area contributed by atoms with Gasteiger partial charge in [0.25, 0.3) is 5.79 Å². The Morgan fingerprint density at radius 1 is 1.28 bits per heavy atom. The van der Waals surface area contributed by atoms with Crippen LogP contribution < -0.4 is 0 Å². The van der Waals surface area contributed by atoms with Gasteiger partial charge in [-0.05, 0) is 6.42 Å². The zero-order valence-corrected chi connectivity index (χ0v) is 10.2. The van der Waals surface area contributed by atoms with E-state index >= 15 is 0 Å². The Kier molecular flexibility index (Phi) is 5.20. The summed E-state index contributed by atoms with van der Waals surface area (Å²) in [7, 11) is 0. The molecule has 1 aliphatic heterocycles. The van der Waals surface area contributed by atoms with E-state index in [1.807, 2.05) is 6.92 Å². The Bertz CT molecular complexity index is 293. The largest absolute Gasteiger partial charge is 0.394 e. The van der Waals surface area contributed by atoms with Gasteiger partial charge in [-0.3, -0.25) is 4.79 Å². The van der Waals surface area contributed by atoms with E-state index < -0.39 is 42.6 Å². The van der Waals surface area contributed by atoms with Crippen molar-refractivity contribution in [2.24, 2.45) is 0 Å². The normalized spacial score (nSPS) is 40.8. The van der Waals surface area contributed by atoms with E-state index in [0.717, 1.165) is 0 Å². The maximum absolute atomic E-state index is 11.8. The van der Waals surface area contributed by atoms with E-state index in [0.29, 0.717) is 12.8 Å². The average molecular weight is 264 g/mol. The van der Waals surface area contributed by atoms with E-state index in [-0.39, 0.29) is 6.42 Å². The first-order valence-corrected chi connectivity index (χ1v) is 5.97. The summed E-state index contributed by atoms with van der Waals surface area (Å²) in [4.78, 5) is 11.8. The van der Waals surface area contributed by atoms with Gasteiger partial charge in [-0.2, -0.15) is 0 Å². The Balaban J connectivity index is 2.87. The molecule has 1 heterocycles. The average Bonchev–Trinajstić information content (AvgIpc) is 2.37. The van der Waals surface area contributed by atoms with Crippen molar-refractivity contribution in [3.05, 3.63) is 0 Å². The molecule has 0 saturated carbocycles. The molecule has 0 aliphatic carbocycles. The summed E-state index contributed by atoms with van der Waals surface area (Å²) in [6, 6.07) is 0. The number of ketones is 1. The highest BCUT2D eigenvalue weighted by molar-refractivity contribution is 5.86. The van der Waals surface area contributed by atoms with Crippen molar-refractivity contribution >= 4 is 5.78 Å². The molecule has 0 amide bonds. The second-order valence-corrected chi connectivity index (χ2v) is 4.49. The first-order chi connectivity index (χ1) is 8.38. The van der Waals surface area contributed by atoms with Gasteiger partial charge >= 0.3 is 0 Å². The van der Waals surface area contributed by atoms with E-state index in [1.54, 1.807) is 0 Å². The van der Waals surface area contributed by atoms with Crippen molar-refractivity contribution < 1.29 is 35.1 Å². The number of carbonyl (C=O) groups is 1. The molecule has 106 valence electrons. The summed E-state index contributed by atoms with van der Waals surface area (Å²) in [6.07, 6.45) is -5.40. The maximum Gasteiger partial charge on any atom is 0.256 e. The molecule has 0 aromatic carbocycles. The SMILES string of the molecule is CCCCC(=O)C1(O)O[C@H](CO)[C@@H](O)[C@H](O)[C@H]1O. The van der Waals surface area contributed by atoms with Crippen LogP contribution in [0.15, 0.2) is 0 Å². The van der Waals surface area contributed by atoms with Crippen LogP contribution in [0.1, 0.15) is 26.2 Å². The highest BCUT2D eigenvalue weighted by Gasteiger charge is 2.56. The predicted octanol–water partition coefficient (Wildman–Crippen LogP) is -2.09. The Morgan fingerprint density at radius 3 is 2.39 bits per heavy atom. The zero-order valence-electron chi connectivity index (χ0n) is 10.2. The molecule has 5 N–H and O–H groups in total. The number of rotatable bonds is 5. The lowest BCUT2D eigenvalue weighted by atomic mass is 9.88. The van der Waals surface area contributed by atoms with Crippen LogP contribution in [-0.4, -0.2) is 68.1 Å². The van der Waals surface area contributed by atoms with Crippen LogP contribution in [0, 0.1) is 0 Å². The van der Waals surface area contributed by atoms with E-state index in [1.165, 1.54) is 0 Å². The minimum atomic E-state index is -2.58. The molecule has 0 aromatic rings. The van der Waals surface area contributed by atoms with E-state index in [9.17, 15) is 25.2 Å². The van der Waals surface area contributed by atoms with Crippen molar-refractivity contribution in [1.29, 1.82) is 0 Å². The van der Waals surface area contributed by atoms with Crippen LogP contribution in [0.4, 0.5) is 0 Å². The molecule has 1 aliphatic rings. The second kappa shape index (κ2) is 6.05. The quantitative estimate of drug-likeness (QED) is 0.385. The van der Waals surface area contributed by atoms with Gasteiger partial charge in [0.15, 0.2) is 5.78 Å². The molecule has 0 bridgehead atoms. The topological polar surface area (TPSA) is 127 Å². The van der Waals surface area contributed by atoms with Crippen LogP contribution in [0.5, 0.6) is 0 Å². The molecule has 18 heavy (non-hydrogen) atoms. The lowest BCUT2D eigenvalue weighted by Gasteiger charge is -2.44. The molecule has 7 heteroatoms. The number of hydrogen-bond acceptors (Lipinski definition) is 7. The lowest BCUT2D eigenvalue weighted by molar-refractivity contribution is -0.331. The third-order valence-electron chi connectivity index (χ3n) is 3.12. The van der Waals surface area contributed by atoms with Gasteiger partial charge in [-0.1, -0.05) is 13.3 Å². The van der Waals surface area contributed by atoms with Gasteiger partial charge in [-0.25, -0.2) is 0 Å². The fourth-order valence-corrected chi connectivity index (χ4v) is 1.90. The summed E-state index contributed by atoms with van der Waals surface area (Å²) in [5, 5.41) is 47.7. The third kappa shape index (κ3) is 2.71. The van der Waals surface area contributed by atoms with E-state index in [4.69, 9.17) is 9.84 Å². The molecule has 7 nitrogen and oxygen atoms in total. The molecule has 1 unspecified atom stereocenters. The number of hydrogen-bond donors (Lipinski definition) is 5. The number of aliphatic hydroxyl groups excluding tert-OH is 4. The zero-order chi connectivity index (χ0) is 13.9. The molecule has 0 radical (unpaired) electrons. The minimum Gasteiger partial charge on any atom is -0.394 e. The Hall–Kier alpha value is -0.570. The molecule has 1 rings (SSSR count). The molecular formula is C11H20O7. The number of ether oxygens (including phenoxy) is 1. The molecular weight excluding hydrogens is 244 g/mol. The van der Waals surface area contributed by atoms with Crippen LogP contribution in [-0.2, 0) is 9.53 Å². The van der Waals surface area contributed by atoms with Gasteiger partial charge < -0.3 is 30.3 Å². The molecule has 1 saturated heterocycles. The number of Topliss-reactive ketones (excluding diaryl/α,β-unsaturated/α-hetero) is 1. The lowest BCUT2D eigenvalue weighted by Crippen LogP contribution is -2.68. The second-order valence-electron chi connectivity index (χ2n) is 4.49. The summed E-state index contributed by atoms with van der Waals surface area (Å²) in [6.45, 7) is 1.17. The first kappa shape index (κ1) is 15.5. The van der Waals surface area contributed by atoms with Crippen LogP contribution in [0.25, 0.3) is 0 Å². The summed E-state index contributed by atoms with van der Waals surface area (Å²) in [5.74, 6) is -3.36. The minimum absolute atomic E-state index is 0.0228. The van der Waals surface area contributed by atoms with Crippen molar-refractivity contribution in [3.63, 3.8) is 0 Å². The molecule has 0 spiro atoms. The smallest absolute Gasteiger partial charge is 0.256 e. The monoisotopic (exact) mass is 264 g/mol. The van der Waals surface area contributed by atoms with Gasteiger partial charge in [0.2, 0.25) is 0 Å². The molecule has 0 aromatic heterocycles. The number of unbranched alkanes of at least 4 members (excludes halogenated alkanes) is 1. The van der Waals surface area contributed by atoms with Gasteiger partial charge in [0, 0.05) is 6.42 Å². The van der Waals surface area contributed by atoms with Crippen molar-refractivity contribution in [3.8, 4) is 0 Å². The van der Waals surface area contributed by atoms with Gasteiger partial charge in [0.05, 0.1) is 6.61 Å². The highest BCUT2D eigenvalue weighted by atomic mass is 16.7. The Labute approximate surface area is 105 Å². The first-order valence-electron chi connectivity index (χ1n) is 5.97. The van der Waals surface area contributed by atoms with Crippen molar-refractivity contribution in [2.45, 2.75) is 56.4 Å².